The number of hydrogen-bond donors (Lipinski definition) is 9. The zero-order chi connectivity index (χ0) is 62.3. The summed E-state index contributed by atoms with van der Waals surface area (Å²) in [5.74, 6) is -6.10. The first kappa shape index (κ1) is 66.3. The zero-order valence-corrected chi connectivity index (χ0v) is 49.6. The van der Waals surface area contributed by atoms with E-state index >= 15 is 0 Å². The Labute approximate surface area is 500 Å². The average molecular weight is 1190 g/mol. The summed E-state index contributed by atoms with van der Waals surface area (Å²) in [4.78, 5) is 116. The van der Waals surface area contributed by atoms with Crippen LogP contribution >= 0.6 is 0 Å². The normalized spacial score (nSPS) is 13.7. The van der Waals surface area contributed by atoms with Crippen molar-refractivity contribution < 1.29 is 51.9 Å². The molecule has 2 atom stereocenters. The first-order chi connectivity index (χ1) is 41.1. The summed E-state index contributed by atoms with van der Waals surface area (Å²) in [6.07, 6.45) is 7.98. The number of amidine groups is 1. The number of unbranched alkanes of at least 4 members (excludes halogenated alkanes) is 2. The van der Waals surface area contributed by atoms with Gasteiger partial charge in [0.2, 0.25) is 23.6 Å². The Balaban J connectivity index is 0.925. The Morgan fingerprint density at radius 3 is 2.15 bits per heavy atom. The van der Waals surface area contributed by atoms with Crippen LogP contribution in [0.4, 0.5) is 35.4 Å². The molecule has 0 spiro atoms. The van der Waals surface area contributed by atoms with Crippen LogP contribution in [0.25, 0.3) is 6.08 Å². The van der Waals surface area contributed by atoms with E-state index in [4.69, 9.17) is 16.2 Å². The number of urea groups is 1. The second-order valence-corrected chi connectivity index (χ2v) is 21.9. The minimum absolute atomic E-state index is 0.0738. The number of fused-ring (bicyclic) bond motifs is 2. The van der Waals surface area contributed by atoms with Crippen LogP contribution in [0, 0.1) is 5.92 Å². The number of primary amides is 1. The molecule has 1 aromatic heterocycles. The van der Waals surface area contributed by atoms with Crippen LogP contribution in [0.2, 0.25) is 0 Å². The van der Waals surface area contributed by atoms with E-state index in [2.05, 4.69) is 46.8 Å². The molecular weight excluding hydrogens is 1110 g/mol. The van der Waals surface area contributed by atoms with Crippen LogP contribution in [0.1, 0.15) is 141 Å². The summed E-state index contributed by atoms with van der Waals surface area (Å²) in [7, 11) is 0. The van der Waals surface area contributed by atoms with Crippen molar-refractivity contribution in [2.75, 3.05) is 49.9 Å². The molecule has 22 nitrogen and oxygen atoms in total. The fraction of sp³-hybridized carbons (Fsp3) is 0.452. The van der Waals surface area contributed by atoms with Crippen LogP contribution in [0.3, 0.4) is 0 Å². The van der Waals surface area contributed by atoms with Crippen molar-refractivity contribution in [3.05, 3.63) is 124 Å². The van der Waals surface area contributed by atoms with E-state index in [-0.39, 0.29) is 73.9 Å². The van der Waals surface area contributed by atoms with Gasteiger partial charge in [-0.05, 0) is 103 Å². The number of halogens is 2. The van der Waals surface area contributed by atoms with Crippen molar-refractivity contribution in [3.8, 4) is 0 Å². The number of rotatable bonds is 30. The van der Waals surface area contributed by atoms with E-state index in [0.717, 1.165) is 42.5 Å². The lowest BCUT2D eigenvalue weighted by atomic mass is 10.0. The van der Waals surface area contributed by atoms with Gasteiger partial charge < -0.3 is 58.3 Å². The van der Waals surface area contributed by atoms with E-state index in [1.54, 1.807) is 80.7 Å². The van der Waals surface area contributed by atoms with E-state index in [9.17, 15) is 47.1 Å². The van der Waals surface area contributed by atoms with Crippen LogP contribution in [0.15, 0.2) is 89.6 Å². The standard InChI is InChI=1S/C62H81F2N13O9/c1-6-9-10-13-53(78)75-54(39(4)5)58(82)74-50(12-11-25-67-60(66)84)57(81)71-47-22-16-41(17-23-47)36-86-61(85)70-38-62(63,64)37-69-55(79)42-18-14-40(15-19-42)34-76-28-24-49-46(35-76)30-48(33-68-49)72-56(80)44-21-20-43-29-45(32-52(65)73-51(43)31-44)59(83)77(26-7-2)27-8-3/h14-23,29-31,33,39,50,54H,6-13,24-28,32,34-38H2,1-5H3,(H2,65,73)(H,69,79)(H,70,85)(H,71,81)(H,72,80)(H,74,82)(H,75,78)(H3,66,67,84)/t50?,54-/m0/s1. The Bertz CT molecular complexity index is 3090. The highest BCUT2D eigenvalue weighted by Gasteiger charge is 2.32. The van der Waals surface area contributed by atoms with Crippen LogP contribution in [0.5, 0.6) is 0 Å². The molecule has 3 heterocycles. The fourth-order valence-corrected chi connectivity index (χ4v) is 9.69. The Morgan fingerprint density at radius 1 is 0.767 bits per heavy atom. The lowest BCUT2D eigenvalue weighted by Gasteiger charge is -2.28. The molecule has 9 amide bonds. The molecule has 462 valence electrons. The summed E-state index contributed by atoms with van der Waals surface area (Å²) in [6, 6.07) is 17.0. The van der Waals surface area contributed by atoms with E-state index in [0.29, 0.717) is 84.9 Å². The molecule has 86 heavy (non-hydrogen) atoms. The van der Waals surface area contributed by atoms with Crippen LogP contribution < -0.4 is 48.7 Å². The molecular formula is C62H81F2N13O9. The van der Waals surface area contributed by atoms with Crippen LogP contribution in [-0.2, 0) is 50.0 Å². The molecule has 0 fully saturated rings. The number of nitrogens with zero attached hydrogens (tertiary/aromatic N) is 4. The predicted molar refractivity (Wildman–Crippen MR) is 324 cm³/mol. The molecule has 2 aliphatic rings. The maximum atomic E-state index is 14.9. The predicted octanol–water partition coefficient (Wildman–Crippen LogP) is 7.20. The Morgan fingerprint density at radius 2 is 1.47 bits per heavy atom. The van der Waals surface area contributed by atoms with E-state index in [1.807, 2.05) is 37.1 Å². The molecule has 0 radical (unpaired) electrons. The van der Waals surface area contributed by atoms with Gasteiger partial charge in [0.25, 0.3) is 17.7 Å². The number of carbonyl (C=O) groups excluding carboxylic acids is 8. The fourth-order valence-electron chi connectivity index (χ4n) is 9.69. The van der Waals surface area contributed by atoms with Gasteiger partial charge in [0.15, 0.2) is 0 Å². The van der Waals surface area contributed by atoms with Crippen molar-refractivity contribution >= 4 is 76.5 Å². The number of amides is 9. The third-order valence-corrected chi connectivity index (χ3v) is 14.3. The summed E-state index contributed by atoms with van der Waals surface area (Å²) in [5, 5.41) is 17.9. The molecule has 24 heteroatoms. The number of alkyl carbamates (subject to hydrolysis) is 1. The number of anilines is 2. The number of hydrogen-bond acceptors (Lipinski definition) is 13. The van der Waals surface area contributed by atoms with Gasteiger partial charge in [-0.3, -0.25) is 38.7 Å². The number of benzene rings is 3. The van der Waals surface area contributed by atoms with Gasteiger partial charge >= 0.3 is 12.1 Å². The SMILES string of the molecule is CCCCCC(=O)N[C@H](C(=O)NC(CCCNC(N)=O)C(=O)Nc1ccc(COC(=O)NCC(F)(F)CNC(=O)c2ccc(CN3CCc4ncc(NC(=O)c5ccc6c(c5)N=C(N)CC(C(=O)N(CCC)CCC)=C6)cc4C3)cc2)cc1)C(C)C. The Kier molecular flexibility index (Phi) is 25.0. The molecule has 4 aromatic rings. The van der Waals surface area contributed by atoms with Crippen molar-refractivity contribution in [1.29, 1.82) is 0 Å². The summed E-state index contributed by atoms with van der Waals surface area (Å²) in [5.41, 5.74) is 17.7. The van der Waals surface area contributed by atoms with Gasteiger partial charge in [-0.25, -0.2) is 23.4 Å². The number of nitrogens with two attached hydrogens (primary N) is 2. The highest BCUT2D eigenvalue weighted by molar-refractivity contribution is 6.08. The maximum Gasteiger partial charge on any atom is 0.407 e. The number of ether oxygens (including phenoxy) is 1. The molecule has 0 bridgehead atoms. The quantitative estimate of drug-likeness (QED) is 0.0234. The molecule has 0 aliphatic carbocycles. The highest BCUT2D eigenvalue weighted by Crippen LogP contribution is 2.30. The number of pyridine rings is 1. The van der Waals surface area contributed by atoms with Crippen molar-refractivity contribution in [2.24, 2.45) is 22.4 Å². The minimum Gasteiger partial charge on any atom is -0.445 e. The third kappa shape index (κ3) is 20.8. The molecule has 2 aliphatic heterocycles. The number of alkyl halides is 2. The summed E-state index contributed by atoms with van der Waals surface area (Å²) in [6.45, 7) is 10.3. The molecule has 11 N–H and O–H groups in total. The van der Waals surface area contributed by atoms with E-state index < -0.39 is 60.9 Å². The topological polar surface area (TPSA) is 314 Å². The number of carbonyl (C=O) groups is 8. The lowest BCUT2D eigenvalue weighted by Crippen LogP contribution is -2.54. The van der Waals surface area contributed by atoms with Crippen molar-refractivity contribution in [3.63, 3.8) is 0 Å². The van der Waals surface area contributed by atoms with Gasteiger partial charge in [0.1, 0.15) is 24.5 Å². The molecule has 1 unspecified atom stereocenters. The van der Waals surface area contributed by atoms with E-state index in [1.165, 1.54) is 12.1 Å². The summed E-state index contributed by atoms with van der Waals surface area (Å²) < 4.78 is 35.0. The average Bonchev–Trinajstić information content (AvgIpc) is 2.94. The monoisotopic (exact) mass is 1190 g/mol. The third-order valence-electron chi connectivity index (χ3n) is 14.3. The maximum absolute atomic E-state index is 14.9. The van der Waals surface area contributed by atoms with Gasteiger partial charge in [-0.15, -0.1) is 0 Å². The first-order valence-corrected chi connectivity index (χ1v) is 29.3. The molecule has 6 rings (SSSR count). The van der Waals surface area contributed by atoms with Gasteiger partial charge in [0.05, 0.1) is 30.7 Å². The smallest absolute Gasteiger partial charge is 0.407 e. The Hall–Kier alpha value is -8.80. The second kappa shape index (κ2) is 32.5. The number of aliphatic imine (C=N–C) groups is 1. The van der Waals surface area contributed by atoms with Crippen molar-refractivity contribution in [2.45, 2.75) is 137 Å². The molecule has 3 aromatic carbocycles. The van der Waals surface area contributed by atoms with Gasteiger partial charge in [-0.2, -0.15) is 0 Å². The second-order valence-electron chi connectivity index (χ2n) is 21.9. The highest BCUT2D eigenvalue weighted by atomic mass is 19.3. The minimum atomic E-state index is -3.54. The summed E-state index contributed by atoms with van der Waals surface area (Å²) >= 11 is 0. The molecule has 0 saturated carbocycles. The number of aromatic nitrogens is 1. The zero-order valence-electron chi connectivity index (χ0n) is 49.6. The lowest BCUT2D eigenvalue weighted by molar-refractivity contribution is -0.132. The van der Waals surface area contributed by atoms with Crippen molar-refractivity contribution in [1.82, 2.24) is 41.4 Å². The van der Waals surface area contributed by atoms with Crippen LogP contribution in [-0.4, -0.2) is 125 Å². The first-order valence-electron chi connectivity index (χ1n) is 29.3. The molecule has 0 saturated heterocycles. The van der Waals surface area contributed by atoms with Gasteiger partial charge in [-0.1, -0.05) is 77.8 Å². The largest absolute Gasteiger partial charge is 0.445 e. The number of nitrogens with one attached hydrogen (secondary N) is 7. The van der Waals surface area contributed by atoms with Gasteiger partial charge in [0, 0.05) is 92.2 Å².